The molecule has 0 saturated heterocycles. The molecule has 1 unspecified atom stereocenters. The lowest BCUT2D eigenvalue weighted by atomic mass is 10.1. The molecule has 0 aliphatic heterocycles. The van der Waals surface area contributed by atoms with E-state index in [0.717, 1.165) is 6.26 Å². The van der Waals surface area contributed by atoms with Crippen LogP contribution in [0.15, 0.2) is 29.2 Å². The third-order valence-corrected chi connectivity index (χ3v) is 4.03. The zero-order valence-electron chi connectivity index (χ0n) is 11.1. The molecule has 100 valence electrons. The molecule has 0 radical (unpaired) electrons. The van der Waals surface area contributed by atoms with Gasteiger partial charge >= 0.3 is 0 Å². The zero-order valence-corrected chi connectivity index (χ0v) is 11.9. The average molecular weight is 269 g/mol. The average Bonchev–Trinajstić information content (AvgIpc) is 2.27. The Kier molecular flexibility index (Phi) is 4.51. The van der Waals surface area contributed by atoms with Crippen LogP contribution in [0.1, 0.15) is 31.1 Å². The third kappa shape index (κ3) is 3.84. The monoisotopic (exact) mass is 269 g/mol. The molecule has 0 aliphatic carbocycles. The molecule has 1 atom stereocenters. The van der Waals surface area contributed by atoms with Crippen LogP contribution in [0.2, 0.25) is 0 Å². The molecule has 0 spiro atoms. The van der Waals surface area contributed by atoms with Gasteiger partial charge in [0.05, 0.1) is 4.90 Å². The molecule has 4 nitrogen and oxygen atoms in total. The smallest absolute Gasteiger partial charge is 0.251 e. The number of rotatable bonds is 4. The van der Waals surface area contributed by atoms with Crippen LogP contribution in [-0.4, -0.2) is 26.6 Å². The Hall–Kier alpha value is -1.36. The maximum absolute atomic E-state index is 11.9. The SMILES string of the molecule is CC(C)C(C)NC(=O)c1ccc(S(C)(=O)=O)cc1. The summed E-state index contributed by atoms with van der Waals surface area (Å²) < 4.78 is 22.6. The maximum Gasteiger partial charge on any atom is 0.251 e. The molecular formula is C13H19NO3S. The molecule has 0 heterocycles. The highest BCUT2D eigenvalue weighted by molar-refractivity contribution is 7.90. The van der Waals surface area contributed by atoms with Gasteiger partial charge in [0.1, 0.15) is 0 Å². The van der Waals surface area contributed by atoms with Crippen LogP contribution in [-0.2, 0) is 9.84 Å². The number of amides is 1. The molecule has 1 N–H and O–H groups in total. The number of sulfone groups is 1. The largest absolute Gasteiger partial charge is 0.349 e. The van der Waals surface area contributed by atoms with Crippen LogP contribution in [0.5, 0.6) is 0 Å². The van der Waals surface area contributed by atoms with Crippen molar-refractivity contribution in [2.24, 2.45) is 5.92 Å². The Labute approximate surface area is 108 Å². The van der Waals surface area contributed by atoms with Crippen molar-refractivity contribution in [3.05, 3.63) is 29.8 Å². The van der Waals surface area contributed by atoms with Gasteiger partial charge in [-0.3, -0.25) is 4.79 Å². The van der Waals surface area contributed by atoms with E-state index in [1.54, 1.807) is 0 Å². The van der Waals surface area contributed by atoms with E-state index in [2.05, 4.69) is 5.32 Å². The van der Waals surface area contributed by atoms with Gasteiger partial charge in [-0.2, -0.15) is 0 Å². The standard InChI is InChI=1S/C13H19NO3S/c1-9(2)10(3)14-13(15)11-5-7-12(8-6-11)18(4,16)17/h5-10H,1-4H3,(H,14,15). The number of nitrogens with one attached hydrogen (secondary N) is 1. The Morgan fingerprint density at radius 2 is 1.61 bits per heavy atom. The fourth-order valence-electron chi connectivity index (χ4n) is 1.31. The van der Waals surface area contributed by atoms with E-state index in [-0.39, 0.29) is 16.8 Å². The number of carbonyl (C=O) groups excluding carboxylic acids is 1. The molecule has 18 heavy (non-hydrogen) atoms. The first-order valence-electron chi connectivity index (χ1n) is 5.83. The van der Waals surface area contributed by atoms with Crippen molar-refractivity contribution in [1.29, 1.82) is 0 Å². The van der Waals surface area contributed by atoms with Gasteiger partial charge in [0.25, 0.3) is 5.91 Å². The highest BCUT2D eigenvalue weighted by atomic mass is 32.2. The summed E-state index contributed by atoms with van der Waals surface area (Å²) in [6.07, 6.45) is 1.14. The summed E-state index contributed by atoms with van der Waals surface area (Å²) >= 11 is 0. The van der Waals surface area contributed by atoms with E-state index < -0.39 is 9.84 Å². The molecule has 0 fully saturated rings. The van der Waals surface area contributed by atoms with Gasteiger partial charge in [-0.25, -0.2) is 8.42 Å². The molecule has 1 amide bonds. The van der Waals surface area contributed by atoms with E-state index in [1.807, 2.05) is 20.8 Å². The second kappa shape index (κ2) is 5.52. The predicted molar refractivity (Wildman–Crippen MR) is 71.3 cm³/mol. The fourth-order valence-corrected chi connectivity index (χ4v) is 1.94. The second-order valence-electron chi connectivity index (χ2n) is 4.80. The van der Waals surface area contributed by atoms with Crippen LogP contribution >= 0.6 is 0 Å². The van der Waals surface area contributed by atoms with E-state index in [4.69, 9.17) is 0 Å². The minimum Gasteiger partial charge on any atom is -0.349 e. The molecule has 1 rings (SSSR count). The van der Waals surface area contributed by atoms with Gasteiger partial charge < -0.3 is 5.32 Å². The highest BCUT2D eigenvalue weighted by Crippen LogP contribution is 2.11. The normalized spacial score (nSPS) is 13.4. The van der Waals surface area contributed by atoms with Crippen LogP contribution in [0.4, 0.5) is 0 Å². The third-order valence-electron chi connectivity index (χ3n) is 2.90. The molecule has 0 aliphatic rings. The topological polar surface area (TPSA) is 63.2 Å². The van der Waals surface area contributed by atoms with Crippen molar-refractivity contribution in [2.45, 2.75) is 31.7 Å². The van der Waals surface area contributed by atoms with Crippen molar-refractivity contribution in [3.8, 4) is 0 Å². The number of benzene rings is 1. The van der Waals surface area contributed by atoms with Gasteiger partial charge in [-0.05, 0) is 37.1 Å². The van der Waals surface area contributed by atoms with Crippen LogP contribution in [0.25, 0.3) is 0 Å². The summed E-state index contributed by atoms with van der Waals surface area (Å²) in [6, 6.07) is 6.03. The summed E-state index contributed by atoms with van der Waals surface area (Å²) in [5.41, 5.74) is 0.468. The molecule has 0 saturated carbocycles. The van der Waals surface area contributed by atoms with E-state index in [1.165, 1.54) is 24.3 Å². The van der Waals surface area contributed by atoms with Crippen LogP contribution in [0, 0.1) is 5.92 Å². The lowest BCUT2D eigenvalue weighted by Gasteiger charge is -2.17. The minimum absolute atomic E-state index is 0.0760. The summed E-state index contributed by atoms with van der Waals surface area (Å²) in [5, 5.41) is 2.87. The molecular weight excluding hydrogens is 250 g/mol. The predicted octanol–water partition coefficient (Wildman–Crippen LogP) is 1.86. The van der Waals surface area contributed by atoms with Crippen molar-refractivity contribution in [3.63, 3.8) is 0 Å². The van der Waals surface area contributed by atoms with E-state index >= 15 is 0 Å². The van der Waals surface area contributed by atoms with Crippen LogP contribution < -0.4 is 5.32 Å². The van der Waals surface area contributed by atoms with Gasteiger partial charge in [-0.1, -0.05) is 13.8 Å². The van der Waals surface area contributed by atoms with Gasteiger partial charge in [0.15, 0.2) is 9.84 Å². The second-order valence-corrected chi connectivity index (χ2v) is 6.82. The molecule has 5 heteroatoms. The quantitative estimate of drug-likeness (QED) is 0.907. The van der Waals surface area contributed by atoms with Gasteiger partial charge in [-0.15, -0.1) is 0 Å². The number of hydrogen-bond donors (Lipinski definition) is 1. The zero-order chi connectivity index (χ0) is 13.9. The Bertz CT molecular complexity index is 518. The van der Waals surface area contributed by atoms with Gasteiger partial charge in [0, 0.05) is 17.9 Å². The summed E-state index contributed by atoms with van der Waals surface area (Å²) in [5.74, 6) is 0.167. The lowest BCUT2D eigenvalue weighted by molar-refractivity contribution is 0.0930. The first-order valence-corrected chi connectivity index (χ1v) is 7.72. The minimum atomic E-state index is -3.21. The highest BCUT2D eigenvalue weighted by Gasteiger charge is 2.13. The van der Waals surface area contributed by atoms with Crippen molar-refractivity contribution in [1.82, 2.24) is 5.32 Å². The van der Waals surface area contributed by atoms with E-state index in [9.17, 15) is 13.2 Å². The molecule has 1 aromatic carbocycles. The molecule has 1 aromatic rings. The maximum atomic E-state index is 11.9. The van der Waals surface area contributed by atoms with Crippen molar-refractivity contribution in [2.75, 3.05) is 6.26 Å². The Morgan fingerprint density at radius 1 is 1.11 bits per heavy atom. The summed E-state index contributed by atoms with van der Waals surface area (Å²) in [4.78, 5) is 12.1. The summed E-state index contributed by atoms with van der Waals surface area (Å²) in [7, 11) is -3.21. The Balaban J connectivity index is 2.83. The number of hydrogen-bond acceptors (Lipinski definition) is 3. The molecule has 0 aromatic heterocycles. The van der Waals surface area contributed by atoms with E-state index in [0.29, 0.717) is 11.5 Å². The molecule has 0 bridgehead atoms. The summed E-state index contributed by atoms with van der Waals surface area (Å²) in [6.45, 7) is 5.99. The Morgan fingerprint density at radius 3 is 2.00 bits per heavy atom. The number of carbonyl (C=O) groups is 1. The fraction of sp³-hybridized carbons (Fsp3) is 0.462. The van der Waals surface area contributed by atoms with Crippen LogP contribution in [0.3, 0.4) is 0 Å². The lowest BCUT2D eigenvalue weighted by Crippen LogP contribution is -2.36. The van der Waals surface area contributed by atoms with Crippen molar-refractivity contribution >= 4 is 15.7 Å². The van der Waals surface area contributed by atoms with Gasteiger partial charge in [0.2, 0.25) is 0 Å². The first-order chi connectivity index (χ1) is 8.21. The van der Waals surface area contributed by atoms with Crippen molar-refractivity contribution < 1.29 is 13.2 Å². The first kappa shape index (κ1) is 14.7.